The average Bonchev–Trinajstić information content (AvgIpc) is 3.67. The van der Waals surface area contributed by atoms with E-state index in [1.807, 2.05) is 31.3 Å². The first-order valence-corrected chi connectivity index (χ1v) is 10.4. The Labute approximate surface area is 173 Å². The van der Waals surface area contributed by atoms with Crippen LogP contribution in [-0.2, 0) is 0 Å². The van der Waals surface area contributed by atoms with Crippen molar-refractivity contribution in [2.75, 3.05) is 5.32 Å². The predicted molar refractivity (Wildman–Crippen MR) is 112 cm³/mol. The Hall–Kier alpha value is -3.48. The Morgan fingerprint density at radius 2 is 2.07 bits per heavy atom. The van der Waals surface area contributed by atoms with Crippen LogP contribution in [-0.4, -0.2) is 25.7 Å². The number of pyridine rings is 1. The van der Waals surface area contributed by atoms with Gasteiger partial charge in [0.25, 0.3) is 5.91 Å². The summed E-state index contributed by atoms with van der Waals surface area (Å²) in [4.78, 5) is 21.5. The van der Waals surface area contributed by atoms with Crippen molar-refractivity contribution in [3.8, 4) is 11.5 Å². The number of nitrogens with zero attached hydrogens (tertiary/aromatic N) is 4. The molecule has 6 rings (SSSR count). The highest BCUT2D eigenvalue weighted by atomic mass is 16.3. The summed E-state index contributed by atoms with van der Waals surface area (Å²) in [6.07, 6.45) is 9.69. The molecule has 0 aliphatic heterocycles. The van der Waals surface area contributed by atoms with Gasteiger partial charge in [-0.15, -0.1) is 0 Å². The zero-order valence-electron chi connectivity index (χ0n) is 16.6. The summed E-state index contributed by atoms with van der Waals surface area (Å²) in [6, 6.07) is 8.48. The summed E-state index contributed by atoms with van der Waals surface area (Å²) >= 11 is 0. The van der Waals surface area contributed by atoms with Gasteiger partial charge in [-0.05, 0) is 68.4 Å². The first kappa shape index (κ1) is 17.4. The van der Waals surface area contributed by atoms with Crippen molar-refractivity contribution >= 4 is 22.5 Å². The number of aryl methyl sites for hydroxylation is 1. The molecule has 2 saturated carbocycles. The highest BCUT2D eigenvalue weighted by Gasteiger charge is 2.30. The van der Waals surface area contributed by atoms with Crippen molar-refractivity contribution in [2.45, 2.75) is 44.6 Å². The molecular weight excluding hydrogens is 378 g/mol. The van der Waals surface area contributed by atoms with Gasteiger partial charge in [-0.1, -0.05) is 0 Å². The van der Waals surface area contributed by atoms with Crippen LogP contribution >= 0.6 is 0 Å². The molecule has 0 unspecified atom stereocenters. The maximum atomic E-state index is 12.9. The highest BCUT2D eigenvalue weighted by molar-refractivity contribution is 6.04. The molecule has 3 aromatic heterocycles. The van der Waals surface area contributed by atoms with Gasteiger partial charge < -0.3 is 9.73 Å². The van der Waals surface area contributed by atoms with Gasteiger partial charge in [0.05, 0.1) is 17.8 Å². The zero-order chi connectivity index (χ0) is 20.2. The molecule has 3 heterocycles. The van der Waals surface area contributed by atoms with E-state index in [1.54, 1.807) is 6.20 Å². The second-order valence-corrected chi connectivity index (χ2v) is 8.27. The van der Waals surface area contributed by atoms with Crippen molar-refractivity contribution in [2.24, 2.45) is 0 Å². The molecule has 30 heavy (non-hydrogen) atoms. The fourth-order valence-corrected chi connectivity index (χ4v) is 3.94. The second-order valence-electron chi connectivity index (χ2n) is 8.27. The molecule has 0 saturated heterocycles. The van der Waals surface area contributed by atoms with Crippen LogP contribution in [0.4, 0.5) is 5.69 Å². The van der Waals surface area contributed by atoms with Gasteiger partial charge in [0.2, 0.25) is 5.89 Å². The van der Waals surface area contributed by atoms with Crippen molar-refractivity contribution in [3.05, 3.63) is 59.9 Å². The first-order valence-electron chi connectivity index (χ1n) is 10.4. The summed E-state index contributed by atoms with van der Waals surface area (Å²) in [6.45, 7) is 1.90. The second kappa shape index (κ2) is 6.52. The number of nitrogens with one attached hydrogen (secondary N) is 1. The maximum absolute atomic E-state index is 12.9. The first-order chi connectivity index (χ1) is 14.7. The van der Waals surface area contributed by atoms with Crippen LogP contribution in [0.5, 0.6) is 0 Å². The minimum Gasteiger partial charge on any atom is -0.444 e. The number of rotatable bonds is 5. The quantitative estimate of drug-likeness (QED) is 0.518. The minimum atomic E-state index is -0.272. The average molecular weight is 399 g/mol. The largest absolute Gasteiger partial charge is 0.444 e. The topological polar surface area (TPSA) is 85.8 Å². The van der Waals surface area contributed by atoms with Gasteiger partial charge in [0.1, 0.15) is 6.26 Å². The molecule has 1 N–H and O–H groups in total. The van der Waals surface area contributed by atoms with Crippen molar-refractivity contribution in [1.29, 1.82) is 0 Å². The van der Waals surface area contributed by atoms with E-state index < -0.39 is 0 Å². The normalized spacial score (nSPS) is 16.2. The van der Waals surface area contributed by atoms with Gasteiger partial charge in [0.15, 0.2) is 5.69 Å². The van der Waals surface area contributed by atoms with Crippen molar-refractivity contribution < 1.29 is 9.21 Å². The van der Waals surface area contributed by atoms with E-state index in [0.717, 1.165) is 40.7 Å². The lowest BCUT2D eigenvalue weighted by Crippen LogP contribution is -2.13. The molecule has 0 atom stereocenters. The van der Waals surface area contributed by atoms with E-state index >= 15 is 0 Å². The lowest BCUT2D eigenvalue weighted by atomic mass is 10.1. The lowest BCUT2D eigenvalue weighted by molar-refractivity contribution is 0.102. The lowest BCUT2D eigenvalue weighted by Gasteiger charge is -2.11. The summed E-state index contributed by atoms with van der Waals surface area (Å²) in [5, 5.41) is 8.68. The molecule has 7 heteroatoms. The van der Waals surface area contributed by atoms with Gasteiger partial charge in [-0.25, -0.2) is 4.98 Å². The summed E-state index contributed by atoms with van der Waals surface area (Å²) in [7, 11) is 0. The van der Waals surface area contributed by atoms with Crippen LogP contribution in [0.1, 0.15) is 59.4 Å². The fraction of sp³-hybridized carbons (Fsp3) is 0.304. The van der Waals surface area contributed by atoms with Crippen molar-refractivity contribution in [1.82, 2.24) is 19.7 Å². The number of hydrogen-bond acceptors (Lipinski definition) is 5. The molecule has 150 valence electrons. The molecule has 0 spiro atoms. The Morgan fingerprint density at radius 1 is 1.20 bits per heavy atom. The Bertz CT molecular complexity index is 1280. The molecule has 0 bridgehead atoms. The number of fused-ring (bicyclic) bond motifs is 1. The Kier molecular flexibility index (Phi) is 3.78. The molecule has 4 aromatic rings. The van der Waals surface area contributed by atoms with Gasteiger partial charge in [-0.3, -0.25) is 14.5 Å². The van der Waals surface area contributed by atoms with E-state index in [1.165, 1.54) is 24.7 Å². The molecule has 2 aliphatic carbocycles. The maximum Gasteiger partial charge on any atom is 0.277 e. The molecular formula is C23H21N5O2. The number of carbonyl (C=O) groups excluding carboxylic acids is 1. The molecule has 1 amide bonds. The van der Waals surface area contributed by atoms with E-state index in [0.29, 0.717) is 17.9 Å². The summed E-state index contributed by atoms with van der Waals surface area (Å²) < 4.78 is 7.68. The number of amides is 1. The Balaban J connectivity index is 1.31. The molecule has 7 nitrogen and oxygen atoms in total. The van der Waals surface area contributed by atoms with E-state index in [-0.39, 0.29) is 11.6 Å². The van der Waals surface area contributed by atoms with Gasteiger partial charge >= 0.3 is 0 Å². The Morgan fingerprint density at radius 3 is 2.83 bits per heavy atom. The summed E-state index contributed by atoms with van der Waals surface area (Å²) in [5.74, 6) is 0.640. The smallest absolute Gasteiger partial charge is 0.277 e. The third-order valence-corrected chi connectivity index (χ3v) is 5.81. The predicted octanol–water partition coefficient (Wildman–Crippen LogP) is 4.86. The molecule has 0 radical (unpaired) electrons. The number of benzene rings is 1. The molecule has 2 fully saturated rings. The number of hydrogen-bond donors (Lipinski definition) is 1. The minimum absolute atomic E-state index is 0.259. The van der Waals surface area contributed by atoms with Crippen LogP contribution in [0.25, 0.3) is 22.4 Å². The molecule has 2 aliphatic rings. The van der Waals surface area contributed by atoms with E-state index in [9.17, 15) is 4.79 Å². The SMILES string of the molecule is Cc1cc(-c2nc(C(=O)Nc3cc4cnn(C5CC5)c4cc3C3CC3)co2)ccn1. The van der Waals surface area contributed by atoms with Crippen LogP contribution in [0, 0.1) is 6.92 Å². The number of anilines is 1. The van der Waals surface area contributed by atoms with Crippen LogP contribution in [0.2, 0.25) is 0 Å². The third kappa shape index (κ3) is 3.07. The van der Waals surface area contributed by atoms with Gasteiger partial charge in [0, 0.05) is 28.5 Å². The van der Waals surface area contributed by atoms with E-state index in [4.69, 9.17) is 4.42 Å². The fourth-order valence-electron chi connectivity index (χ4n) is 3.94. The van der Waals surface area contributed by atoms with Crippen molar-refractivity contribution in [3.63, 3.8) is 0 Å². The number of aromatic nitrogens is 4. The van der Waals surface area contributed by atoms with Crippen LogP contribution in [0.15, 0.2) is 47.3 Å². The standard InChI is InChI=1S/C23H21N5O2/c1-13-8-15(6-7-24-13)23-27-20(12-30-23)22(29)26-19-9-16-11-25-28(17-4-5-17)21(16)10-18(19)14-2-3-14/h6-12,14,17H,2-5H2,1H3,(H,26,29). The zero-order valence-corrected chi connectivity index (χ0v) is 16.6. The monoisotopic (exact) mass is 399 g/mol. The van der Waals surface area contributed by atoms with Crippen LogP contribution in [0.3, 0.4) is 0 Å². The van der Waals surface area contributed by atoms with Crippen LogP contribution < -0.4 is 5.32 Å². The number of oxazole rings is 1. The highest BCUT2D eigenvalue weighted by Crippen LogP contribution is 2.46. The summed E-state index contributed by atoms with van der Waals surface area (Å²) in [5.41, 5.74) is 5.12. The third-order valence-electron chi connectivity index (χ3n) is 5.81. The molecule has 1 aromatic carbocycles. The number of carbonyl (C=O) groups is 1. The van der Waals surface area contributed by atoms with E-state index in [2.05, 4.69) is 31.1 Å². The van der Waals surface area contributed by atoms with Gasteiger partial charge in [-0.2, -0.15) is 5.10 Å².